The fourth-order valence-corrected chi connectivity index (χ4v) is 2.65. The largest absolute Gasteiger partial charge is 0.492 e. The Morgan fingerprint density at radius 1 is 1.24 bits per heavy atom. The summed E-state index contributed by atoms with van der Waals surface area (Å²) in [7, 11) is -3.19. The highest BCUT2D eigenvalue weighted by molar-refractivity contribution is 7.90. The Hall–Kier alpha value is -2.61. The van der Waals surface area contributed by atoms with Gasteiger partial charge in [-0.15, -0.1) is 0 Å². The van der Waals surface area contributed by atoms with Gasteiger partial charge in [-0.05, 0) is 36.4 Å². The predicted molar refractivity (Wildman–Crippen MR) is 97.5 cm³/mol. The number of pyridine rings is 1. The van der Waals surface area contributed by atoms with Crippen LogP contribution in [0, 0.1) is 0 Å². The van der Waals surface area contributed by atoms with Gasteiger partial charge in [0.05, 0.1) is 11.4 Å². The second-order valence-electron chi connectivity index (χ2n) is 5.36. The van der Waals surface area contributed by atoms with Crippen LogP contribution in [0.3, 0.4) is 0 Å². The molecule has 0 fully saturated rings. The number of ether oxygens (including phenoxy) is 1. The Balaban J connectivity index is 1.67. The van der Waals surface area contributed by atoms with Gasteiger partial charge >= 0.3 is 0 Å². The number of aliphatic imine (C=N–C) groups is 1. The van der Waals surface area contributed by atoms with Crippen molar-refractivity contribution in [2.24, 2.45) is 10.7 Å². The van der Waals surface area contributed by atoms with Crippen LogP contribution in [0.25, 0.3) is 0 Å². The van der Waals surface area contributed by atoms with Crippen molar-refractivity contribution in [3.63, 3.8) is 0 Å². The molecule has 0 aliphatic heterocycles. The summed E-state index contributed by atoms with van der Waals surface area (Å²) in [6.45, 7) is 1.44. The molecule has 2 rings (SSSR count). The molecule has 1 aromatic heterocycles. The maximum atomic E-state index is 11.4. The van der Waals surface area contributed by atoms with E-state index in [0.29, 0.717) is 31.4 Å². The van der Waals surface area contributed by atoms with Gasteiger partial charge < -0.3 is 15.8 Å². The molecule has 0 aliphatic rings. The summed E-state index contributed by atoms with van der Waals surface area (Å²) in [6.07, 6.45) is 3.65. The molecule has 0 aliphatic carbocycles. The molecule has 0 atom stereocenters. The highest BCUT2D eigenvalue weighted by Gasteiger charge is 2.06. The molecule has 25 heavy (non-hydrogen) atoms. The first kappa shape index (κ1) is 18.7. The summed E-state index contributed by atoms with van der Waals surface area (Å²) in [5.74, 6) is 0.951. The number of nitrogens with zero attached hydrogens (tertiary/aromatic N) is 2. The molecule has 0 unspecified atom stereocenters. The highest BCUT2D eigenvalue weighted by atomic mass is 32.2. The van der Waals surface area contributed by atoms with Gasteiger partial charge in [0.25, 0.3) is 0 Å². The van der Waals surface area contributed by atoms with Gasteiger partial charge in [-0.25, -0.2) is 8.42 Å². The number of nitrogens with one attached hydrogen (secondary N) is 1. The number of sulfone groups is 1. The second kappa shape index (κ2) is 9.03. The normalized spacial score (nSPS) is 12.0. The zero-order valence-electron chi connectivity index (χ0n) is 14.1. The number of aromatic nitrogens is 1. The molecule has 3 N–H and O–H groups in total. The third-order valence-electron chi connectivity index (χ3n) is 3.31. The Kier molecular flexibility index (Phi) is 6.76. The van der Waals surface area contributed by atoms with E-state index in [0.717, 1.165) is 12.1 Å². The lowest BCUT2D eigenvalue weighted by atomic mass is 10.3. The van der Waals surface area contributed by atoms with Crippen LogP contribution >= 0.6 is 0 Å². The fraction of sp³-hybridized carbons (Fsp3) is 0.294. The monoisotopic (exact) mass is 362 g/mol. The van der Waals surface area contributed by atoms with Crippen molar-refractivity contribution in [2.75, 3.05) is 26.0 Å². The Labute approximate surface area is 147 Å². The van der Waals surface area contributed by atoms with Crippen molar-refractivity contribution in [3.8, 4) is 5.75 Å². The summed E-state index contributed by atoms with van der Waals surface area (Å²) < 4.78 is 28.3. The van der Waals surface area contributed by atoms with E-state index in [2.05, 4.69) is 15.3 Å². The maximum Gasteiger partial charge on any atom is 0.188 e. The zero-order valence-corrected chi connectivity index (χ0v) is 14.9. The number of nitrogens with two attached hydrogens (primary N) is 1. The van der Waals surface area contributed by atoms with Gasteiger partial charge in [0.2, 0.25) is 0 Å². The molecule has 1 aromatic carbocycles. The Morgan fingerprint density at radius 3 is 2.64 bits per heavy atom. The summed E-state index contributed by atoms with van der Waals surface area (Å²) in [4.78, 5) is 8.71. The molecular formula is C17H22N4O3S. The number of hydrogen-bond donors (Lipinski definition) is 2. The van der Waals surface area contributed by atoms with Gasteiger partial charge in [-0.3, -0.25) is 9.98 Å². The van der Waals surface area contributed by atoms with Crippen LogP contribution in [-0.4, -0.2) is 45.3 Å². The van der Waals surface area contributed by atoms with E-state index in [1.807, 2.05) is 18.2 Å². The zero-order chi connectivity index (χ0) is 18.1. The lowest BCUT2D eigenvalue weighted by molar-refractivity contribution is 0.322. The molecule has 0 spiro atoms. The number of hydrogen-bond acceptors (Lipinski definition) is 5. The minimum Gasteiger partial charge on any atom is -0.492 e. The SMILES string of the molecule is CS(=O)(=O)c1ccc(OCCNC(N)=NCCc2ccccn2)cc1. The quantitative estimate of drug-likeness (QED) is 0.412. The van der Waals surface area contributed by atoms with Gasteiger partial charge in [-0.1, -0.05) is 6.07 Å². The average Bonchev–Trinajstić information content (AvgIpc) is 2.59. The first-order valence-electron chi connectivity index (χ1n) is 7.82. The summed E-state index contributed by atoms with van der Waals surface area (Å²) >= 11 is 0. The van der Waals surface area contributed by atoms with Crippen molar-refractivity contribution in [1.29, 1.82) is 0 Å². The highest BCUT2D eigenvalue weighted by Crippen LogP contribution is 2.15. The van der Waals surface area contributed by atoms with Crippen molar-refractivity contribution in [2.45, 2.75) is 11.3 Å². The summed E-state index contributed by atoms with van der Waals surface area (Å²) in [5, 5.41) is 2.96. The third-order valence-corrected chi connectivity index (χ3v) is 4.43. The summed E-state index contributed by atoms with van der Waals surface area (Å²) in [6, 6.07) is 12.0. The van der Waals surface area contributed by atoms with Crippen molar-refractivity contribution >= 4 is 15.8 Å². The maximum absolute atomic E-state index is 11.4. The molecule has 8 heteroatoms. The molecule has 7 nitrogen and oxygen atoms in total. The number of rotatable bonds is 8. The van der Waals surface area contributed by atoms with Crippen LogP contribution in [0.5, 0.6) is 5.75 Å². The van der Waals surface area contributed by atoms with Crippen LogP contribution in [0.4, 0.5) is 0 Å². The van der Waals surface area contributed by atoms with E-state index in [1.54, 1.807) is 18.3 Å². The Morgan fingerprint density at radius 2 is 2.00 bits per heavy atom. The van der Waals surface area contributed by atoms with E-state index in [9.17, 15) is 8.42 Å². The van der Waals surface area contributed by atoms with Gasteiger partial charge in [0, 0.05) is 31.1 Å². The molecule has 0 bridgehead atoms. The molecule has 0 radical (unpaired) electrons. The summed E-state index contributed by atoms with van der Waals surface area (Å²) in [5.41, 5.74) is 6.75. The van der Waals surface area contributed by atoms with Crippen LogP contribution in [0.2, 0.25) is 0 Å². The molecule has 0 saturated heterocycles. The molecule has 0 saturated carbocycles. The van der Waals surface area contributed by atoms with E-state index in [1.165, 1.54) is 18.4 Å². The van der Waals surface area contributed by atoms with Gasteiger partial charge in [-0.2, -0.15) is 0 Å². The van der Waals surface area contributed by atoms with Crippen molar-refractivity contribution in [1.82, 2.24) is 10.3 Å². The van der Waals surface area contributed by atoms with E-state index in [-0.39, 0.29) is 4.90 Å². The topological polar surface area (TPSA) is 107 Å². The first-order valence-corrected chi connectivity index (χ1v) is 9.71. The third kappa shape index (κ3) is 6.80. The standard InChI is InChI=1S/C17H22N4O3S/c1-25(22,23)16-7-5-15(6-8-16)24-13-12-21-17(18)20-11-9-14-4-2-3-10-19-14/h2-8,10H,9,11-13H2,1H3,(H3,18,20,21). The molecule has 0 amide bonds. The van der Waals surface area contributed by atoms with Crippen molar-refractivity contribution in [3.05, 3.63) is 54.4 Å². The van der Waals surface area contributed by atoms with Crippen molar-refractivity contribution < 1.29 is 13.2 Å². The minimum absolute atomic E-state index is 0.266. The van der Waals surface area contributed by atoms with Crippen LogP contribution < -0.4 is 15.8 Å². The van der Waals surface area contributed by atoms with Crippen LogP contribution in [0.1, 0.15) is 5.69 Å². The van der Waals surface area contributed by atoms with E-state index < -0.39 is 9.84 Å². The molecule has 1 heterocycles. The minimum atomic E-state index is -3.19. The number of benzene rings is 1. The number of guanidine groups is 1. The second-order valence-corrected chi connectivity index (χ2v) is 7.37. The van der Waals surface area contributed by atoms with Gasteiger partial charge in [0.1, 0.15) is 12.4 Å². The predicted octanol–water partition coefficient (Wildman–Crippen LogP) is 1.01. The van der Waals surface area contributed by atoms with Crippen LogP contribution in [-0.2, 0) is 16.3 Å². The smallest absolute Gasteiger partial charge is 0.188 e. The Bertz CT molecular complexity index is 790. The van der Waals surface area contributed by atoms with E-state index in [4.69, 9.17) is 10.5 Å². The average molecular weight is 362 g/mol. The molecule has 134 valence electrons. The first-order chi connectivity index (χ1) is 11.9. The lowest BCUT2D eigenvalue weighted by Crippen LogP contribution is -2.35. The molecule has 2 aromatic rings. The lowest BCUT2D eigenvalue weighted by Gasteiger charge is -2.08. The molecular weight excluding hydrogens is 340 g/mol. The van der Waals surface area contributed by atoms with Gasteiger partial charge in [0.15, 0.2) is 15.8 Å². The van der Waals surface area contributed by atoms with Crippen LogP contribution in [0.15, 0.2) is 58.5 Å². The fourth-order valence-electron chi connectivity index (χ4n) is 2.02. The van der Waals surface area contributed by atoms with E-state index >= 15 is 0 Å².